The summed E-state index contributed by atoms with van der Waals surface area (Å²) in [5, 5.41) is 4.55. The number of hydrogen-bond acceptors (Lipinski definition) is 6. The van der Waals surface area contributed by atoms with Crippen LogP contribution in [-0.2, 0) is 19.1 Å². The van der Waals surface area contributed by atoms with E-state index < -0.39 is 30.6 Å². The molecule has 3 amide bonds. The van der Waals surface area contributed by atoms with Crippen molar-refractivity contribution in [3.8, 4) is 0 Å². The summed E-state index contributed by atoms with van der Waals surface area (Å²) in [4.78, 5) is 45.8. The van der Waals surface area contributed by atoms with Crippen LogP contribution in [0.25, 0.3) is 0 Å². The van der Waals surface area contributed by atoms with Crippen molar-refractivity contribution in [2.75, 3.05) is 13.2 Å². The van der Waals surface area contributed by atoms with Crippen LogP contribution >= 0.6 is 0 Å². The first kappa shape index (κ1) is 19.1. The third-order valence-corrected chi connectivity index (χ3v) is 2.77. The molecule has 0 radical (unpaired) electrons. The molecule has 1 rings (SSSR count). The number of carbonyl (C=O) groups is 4. The van der Waals surface area contributed by atoms with Gasteiger partial charge in [0.15, 0.2) is 6.61 Å². The first-order valence-electron chi connectivity index (χ1n) is 7.40. The number of alkyl carbamates (subject to hydrolysis) is 1. The van der Waals surface area contributed by atoms with Crippen LogP contribution in [0, 0.1) is 0 Å². The van der Waals surface area contributed by atoms with E-state index in [0.29, 0.717) is 5.56 Å². The van der Waals surface area contributed by atoms with Gasteiger partial charge in [-0.3, -0.25) is 19.7 Å². The largest absolute Gasteiger partial charge is 0.455 e. The summed E-state index contributed by atoms with van der Waals surface area (Å²) in [6.07, 6.45) is -1.01. The molecule has 0 heterocycles. The van der Waals surface area contributed by atoms with Gasteiger partial charge in [0.2, 0.25) is 0 Å². The second-order valence-electron chi connectivity index (χ2n) is 4.87. The lowest BCUT2D eigenvalue weighted by Crippen LogP contribution is -2.37. The summed E-state index contributed by atoms with van der Waals surface area (Å²) < 4.78 is 9.24. The quantitative estimate of drug-likeness (QED) is 0.719. The third kappa shape index (κ3) is 7.39. The van der Waals surface area contributed by atoms with Crippen molar-refractivity contribution in [3.05, 3.63) is 35.9 Å². The molecule has 1 unspecified atom stereocenters. The maximum atomic E-state index is 11.9. The Kier molecular flexibility index (Phi) is 7.97. The molecule has 8 heteroatoms. The van der Waals surface area contributed by atoms with Crippen LogP contribution < -0.4 is 10.6 Å². The zero-order valence-electron chi connectivity index (χ0n) is 13.5. The number of ether oxygens (including phenoxy) is 2. The van der Waals surface area contributed by atoms with E-state index in [-0.39, 0.29) is 18.9 Å². The van der Waals surface area contributed by atoms with E-state index >= 15 is 0 Å². The van der Waals surface area contributed by atoms with Gasteiger partial charge in [-0.25, -0.2) is 4.79 Å². The summed E-state index contributed by atoms with van der Waals surface area (Å²) in [5.74, 6) is -1.77. The number of hydrogen-bond donors (Lipinski definition) is 2. The van der Waals surface area contributed by atoms with E-state index in [2.05, 4.69) is 10.1 Å². The average molecular weight is 336 g/mol. The summed E-state index contributed by atoms with van der Waals surface area (Å²) in [7, 11) is 0. The second kappa shape index (κ2) is 9.98. The number of nitrogens with one attached hydrogen (secondary N) is 2. The molecule has 0 fully saturated rings. The number of benzene rings is 1. The van der Waals surface area contributed by atoms with Gasteiger partial charge in [0, 0.05) is 11.6 Å². The predicted molar refractivity (Wildman–Crippen MR) is 84.1 cm³/mol. The molecule has 0 spiro atoms. The Morgan fingerprint density at radius 2 is 1.75 bits per heavy atom. The maximum absolute atomic E-state index is 11.9. The van der Waals surface area contributed by atoms with Gasteiger partial charge in [-0.05, 0) is 26.0 Å². The Morgan fingerprint density at radius 3 is 2.38 bits per heavy atom. The number of carbonyl (C=O) groups excluding carboxylic acids is 4. The van der Waals surface area contributed by atoms with Crippen molar-refractivity contribution >= 4 is 23.9 Å². The average Bonchev–Trinajstić information content (AvgIpc) is 2.53. The highest BCUT2D eigenvalue weighted by atomic mass is 16.6. The van der Waals surface area contributed by atoms with E-state index in [1.165, 1.54) is 0 Å². The monoisotopic (exact) mass is 336 g/mol. The minimum absolute atomic E-state index is 0.106. The van der Waals surface area contributed by atoms with Crippen molar-refractivity contribution in [1.82, 2.24) is 10.6 Å². The molecular formula is C16H20N2O6. The maximum Gasteiger partial charge on any atom is 0.413 e. The number of rotatable bonds is 7. The number of amides is 3. The van der Waals surface area contributed by atoms with Crippen LogP contribution in [-0.4, -0.2) is 43.1 Å². The lowest BCUT2D eigenvalue weighted by Gasteiger charge is -2.13. The molecule has 0 saturated carbocycles. The smallest absolute Gasteiger partial charge is 0.413 e. The molecule has 1 atom stereocenters. The van der Waals surface area contributed by atoms with Crippen LogP contribution in [0.1, 0.15) is 30.6 Å². The van der Waals surface area contributed by atoms with Gasteiger partial charge in [-0.1, -0.05) is 18.2 Å². The minimum atomic E-state index is -0.901. The van der Waals surface area contributed by atoms with Crippen molar-refractivity contribution < 1.29 is 28.7 Å². The molecular weight excluding hydrogens is 316 g/mol. The zero-order valence-corrected chi connectivity index (χ0v) is 13.5. The van der Waals surface area contributed by atoms with Gasteiger partial charge in [-0.15, -0.1) is 0 Å². The lowest BCUT2D eigenvalue weighted by atomic mass is 10.2. The zero-order chi connectivity index (χ0) is 17.9. The number of esters is 1. The van der Waals surface area contributed by atoms with Gasteiger partial charge in [-0.2, -0.15) is 0 Å². The molecule has 1 aromatic carbocycles. The minimum Gasteiger partial charge on any atom is -0.455 e. The highest BCUT2D eigenvalue weighted by Gasteiger charge is 2.16. The van der Waals surface area contributed by atoms with Crippen LogP contribution in [0.5, 0.6) is 0 Å². The summed E-state index contributed by atoms with van der Waals surface area (Å²) >= 11 is 0. The van der Waals surface area contributed by atoms with Crippen molar-refractivity contribution in [2.24, 2.45) is 0 Å². The highest BCUT2D eigenvalue weighted by molar-refractivity contribution is 5.95. The van der Waals surface area contributed by atoms with Gasteiger partial charge >= 0.3 is 12.1 Å². The Morgan fingerprint density at radius 1 is 1.08 bits per heavy atom. The molecule has 0 aliphatic heterocycles. The fourth-order valence-corrected chi connectivity index (χ4v) is 1.72. The Balaban J connectivity index is 2.30. The van der Waals surface area contributed by atoms with Gasteiger partial charge in [0.05, 0.1) is 13.0 Å². The van der Waals surface area contributed by atoms with Crippen molar-refractivity contribution in [1.29, 1.82) is 0 Å². The lowest BCUT2D eigenvalue weighted by molar-refractivity contribution is -0.148. The van der Waals surface area contributed by atoms with E-state index in [4.69, 9.17) is 4.74 Å². The van der Waals surface area contributed by atoms with E-state index in [0.717, 1.165) is 0 Å². The number of imide groups is 1. The van der Waals surface area contributed by atoms with Crippen LogP contribution in [0.2, 0.25) is 0 Å². The Labute approximate surface area is 139 Å². The molecule has 24 heavy (non-hydrogen) atoms. The van der Waals surface area contributed by atoms with E-state index in [9.17, 15) is 19.2 Å². The normalized spacial score (nSPS) is 11.1. The fourth-order valence-electron chi connectivity index (χ4n) is 1.72. The third-order valence-electron chi connectivity index (χ3n) is 2.77. The summed E-state index contributed by atoms with van der Waals surface area (Å²) in [6, 6.07) is 8.09. The highest BCUT2D eigenvalue weighted by Crippen LogP contribution is 2.01. The van der Waals surface area contributed by atoms with Crippen LogP contribution in [0.4, 0.5) is 4.79 Å². The topological polar surface area (TPSA) is 111 Å². The molecule has 0 bridgehead atoms. The molecule has 0 saturated heterocycles. The second-order valence-corrected chi connectivity index (χ2v) is 4.87. The van der Waals surface area contributed by atoms with Gasteiger partial charge in [0.1, 0.15) is 0 Å². The first-order valence-corrected chi connectivity index (χ1v) is 7.40. The summed E-state index contributed by atoms with van der Waals surface area (Å²) in [6.45, 7) is 2.75. The van der Waals surface area contributed by atoms with E-state index in [1.807, 2.05) is 5.32 Å². The first-order chi connectivity index (χ1) is 11.4. The van der Waals surface area contributed by atoms with Crippen LogP contribution in [0.3, 0.4) is 0 Å². The molecule has 0 aliphatic carbocycles. The summed E-state index contributed by atoms with van der Waals surface area (Å²) in [5.41, 5.74) is 0.478. The van der Waals surface area contributed by atoms with E-state index in [1.54, 1.807) is 44.2 Å². The molecule has 8 nitrogen and oxygen atoms in total. The predicted octanol–water partition coefficient (Wildman–Crippen LogP) is 1.01. The molecule has 0 aromatic heterocycles. The van der Waals surface area contributed by atoms with Crippen molar-refractivity contribution in [3.63, 3.8) is 0 Å². The van der Waals surface area contributed by atoms with Crippen LogP contribution in [0.15, 0.2) is 30.3 Å². The van der Waals surface area contributed by atoms with Crippen molar-refractivity contribution in [2.45, 2.75) is 26.3 Å². The molecule has 0 aliphatic rings. The molecule has 130 valence electrons. The fraction of sp³-hybridized carbons (Fsp3) is 0.375. The van der Waals surface area contributed by atoms with Gasteiger partial charge in [0.25, 0.3) is 11.8 Å². The standard InChI is InChI=1S/C16H20N2O6/c1-3-23-16(22)18-13(19)10-24-14(20)9-11(2)17-15(21)12-7-5-4-6-8-12/h4-8,11H,3,9-10H2,1-2H3,(H,17,21)(H,18,19,22). The Bertz CT molecular complexity index is 587. The molecule has 1 aromatic rings. The SMILES string of the molecule is CCOC(=O)NC(=O)COC(=O)CC(C)NC(=O)c1ccccc1. The Hall–Kier alpha value is -2.90. The van der Waals surface area contributed by atoms with Gasteiger partial charge < -0.3 is 14.8 Å². The molecule has 2 N–H and O–H groups in total.